The molecule has 0 bridgehead atoms. The van der Waals surface area contributed by atoms with Crippen LogP contribution in [0.2, 0.25) is 0 Å². The number of aryl methyl sites for hydroxylation is 3. The van der Waals surface area contributed by atoms with Crippen LogP contribution in [-0.4, -0.2) is 9.78 Å². The average molecular weight is 200 g/mol. The first-order chi connectivity index (χ1) is 7.20. The summed E-state index contributed by atoms with van der Waals surface area (Å²) >= 11 is 0. The van der Waals surface area contributed by atoms with Gasteiger partial charge in [-0.1, -0.05) is 19.1 Å². The van der Waals surface area contributed by atoms with E-state index in [0.29, 0.717) is 0 Å². The molecule has 0 atom stereocenters. The van der Waals surface area contributed by atoms with Crippen molar-refractivity contribution in [2.24, 2.45) is 0 Å². The van der Waals surface area contributed by atoms with Crippen molar-refractivity contribution in [3.05, 3.63) is 47.3 Å². The Morgan fingerprint density at radius 1 is 1.13 bits per heavy atom. The normalized spacial score (nSPS) is 10.6. The monoisotopic (exact) mass is 200 g/mol. The number of hydrogen-bond donors (Lipinski definition) is 0. The SMILES string of the molecule is CCc1ccc(-n2cc(C)c(C)n2)cc1. The summed E-state index contributed by atoms with van der Waals surface area (Å²) in [5.41, 5.74) is 4.81. The van der Waals surface area contributed by atoms with Gasteiger partial charge in [-0.3, -0.25) is 0 Å². The molecular formula is C13H16N2. The second-order valence-corrected chi connectivity index (χ2v) is 3.86. The van der Waals surface area contributed by atoms with Gasteiger partial charge in [-0.05, 0) is 43.5 Å². The highest BCUT2D eigenvalue weighted by Crippen LogP contribution is 2.12. The van der Waals surface area contributed by atoms with Crippen LogP contribution in [0, 0.1) is 13.8 Å². The minimum absolute atomic E-state index is 1.08. The van der Waals surface area contributed by atoms with Crippen LogP contribution in [0.3, 0.4) is 0 Å². The molecule has 2 rings (SSSR count). The summed E-state index contributed by atoms with van der Waals surface area (Å²) in [5.74, 6) is 0. The molecule has 0 saturated carbocycles. The molecule has 0 N–H and O–H groups in total. The maximum atomic E-state index is 4.45. The van der Waals surface area contributed by atoms with Gasteiger partial charge < -0.3 is 0 Å². The molecule has 0 saturated heterocycles. The molecule has 0 unspecified atom stereocenters. The van der Waals surface area contributed by atoms with Crippen LogP contribution in [0.15, 0.2) is 30.5 Å². The fourth-order valence-corrected chi connectivity index (χ4v) is 1.56. The largest absolute Gasteiger partial charge is 0.240 e. The highest BCUT2D eigenvalue weighted by atomic mass is 15.3. The number of hydrogen-bond acceptors (Lipinski definition) is 1. The topological polar surface area (TPSA) is 17.8 Å². The predicted octanol–water partition coefficient (Wildman–Crippen LogP) is 3.05. The summed E-state index contributed by atoms with van der Waals surface area (Å²) in [6.07, 6.45) is 3.15. The zero-order valence-electron chi connectivity index (χ0n) is 9.49. The van der Waals surface area contributed by atoms with Gasteiger partial charge in [0.25, 0.3) is 0 Å². The lowest BCUT2D eigenvalue weighted by atomic mass is 10.1. The lowest BCUT2D eigenvalue weighted by Gasteiger charge is -2.02. The Labute approximate surface area is 90.6 Å². The lowest BCUT2D eigenvalue weighted by molar-refractivity contribution is 0.861. The Balaban J connectivity index is 2.37. The molecule has 0 aliphatic carbocycles. The molecule has 1 aromatic heterocycles. The molecule has 78 valence electrons. The van der Waals surface area contributed by atoms with Gasteiger partial charge >= 0.3 is 0 Å². The molecule has 0 spiro atoms. The van der Waals surface area contributed by atoms with E-state index in [-0.39, 0.29) is 0 Å². The van der Waals surface area contributed by atoms with E-state index in [1.54, 1.807) is 0 Å². The summed E-state index contributed by atoms with van der Waals surface area (Å²) < 4.78 is 1.93. The van der Waals surface area contributed by atoms with Crippen molar-refractivity contribution in [1.29, 1.82) is 0 Å². The van der Waals surface area contributed by atoms with E-state index in [0.717, 1.165) is 17.8 Å². The van der Waals surface area contributed by atoms with Crippen LogP contribution in [0.25, 0.3) is 5.69 Å². The minimum Gasteiger partial charge on any atom is -0.240 e. The van der Waals surface area contributed by atoms with Crippen LogP contribution in [0.1, 0.15) is 23.7 Å². The van der Waals surface area contributed by atoms with Gasteiger partial charge in [0.15, 0.2) is 0 Å². The third kappa shape index (κ3) is 1.94. The fraction of sp³-hybridized carbons (Fsp3) is 0.308. The molecule has 1 aromatic carbocycles. The summed E-state index contributed by atoms with van der Waals surface area (Å²) in [6.45, 7) is 6.28. The van der Waals surface area contributed by atoms with E-state index < -0.39 is 0 Å². The van der Waals surface area contributed by atoms with Crippen molar-refractivity contribution >= 4 is 0 Å². The summed E-state index contributed by atoms with van der Waals surface area (Å²) in [7, 11) is 0. The van der Waals surface area contributed by atoms with Crippen LogP contribution < -0.4 is 0 Å². The molecule has 0 aliphatic heterocycles. The van der Waals surface area contributed by atoms with Gasteiger partial charge in [0, 0.05) is 6.20 Å². The number of aromatic nitrogens is 2. The Bertz CT molecular complexity index is 432. The summed E-state index contributed by atoms with van der Waals surface area (Å²) in [6, 6.07) is 8.54. The lowest BCUT2D eigenvalue weighted by Crippen LogP contribution is -1.94. The highest BCUT2D eigenvalue weighted by Gasteiger charge is 2.01. The van der Waals surface area contributed by atoms with Crippen LogP contribution in [0.4, 0.5) is 0 Å². The van der Waals surface area contributed by atoms with E-state index in [9.17, 15) is 0 Å². The molecule has 0 radical (unpaired) electrons. The first-order valence-electron chi connectivity index (χ1n) is 5.33. The molecule has 0 amide bonds. The van der Waals surface area contributed by atoms with Crippen molar-refractivity contribution in [1.82, 2.24) is 9.78 Å². The molecular weight excluding hydrogens is 184 g/mol. The predicted molar refractivity (Wildman–Crippen MR) is 62.4 cm³/mol. The van der Waals surface area contributed by atoms with Crippen molar-refractivity contribution in [2.45, 2.75) is 27.2 Å². The van der Waals surface area contributed by atoms with E-state index >= 15 is 0 Å². The van der Waals surface area contributed by atoms with Crippen LogP contribution in [-0.2, 0) is 6.42 Å². The van der Waals surface area contributed by atoms with Gasteiger partial charge in [-0.2, -0.15) is 5.10 Å². The third-order valence-electron chi connectivity index (χ3n) is 2.75. The highest BCUT2D eigenvalue weighted by molar-refractivity contribution is 5.35. The first-order valence-corrected chi connectivity index (χ1v) is 5.33. The summed E-state index contributed by atoms with van der Waals surface area (Å²) in [5, 5.41) is 4.45. The molecule has 2 aromatic rings. The molecule has 15 heavy (non-hydrogen) atoms. The van der Waals surface area contributed by atoms with E-state index in [4.69, 9.17) is 0 Å². The van der Waals surface area contributed by atoms with E-state index in [2.05, 4.69) is 49.4 Å². The minimum atomic E-state index is 1.08. The number of rotatable bonds is 2. The maximum Gasteiger partial charge on any atom is 0.0645 e. The Hall–Kier alpha value is -1.57. The summed E-state index contributed by atoms with van der Waals surface area (Å²) in [4.78, 5) is 0. The van der Waals surface area contributed by atoms with Crippen LogP contribution >= 0.6 is 0 Å². The first kappa shape index (κ1) is 9.97. The maximum absolute atomic E-state index is 4.45. The van der Waals surface area contributed by atoms with E-state index in [1.807, 2.05) is 11.6 Å². The van der Waals surface area contributed by atoms with E-state index in [1.165, 1.54) is 11.1 Å². The third-order valence-corrected chi connectivity index (χ3v) is 2.75. The number of benzene rings is 1. The molecule has 0 aliphatic rings. The zero-order valence-corrected chi connectivity index (χ0v) is 9.49. The Kier molecular flexibility index (Phi) is 2.58. The smallest absolute Gasteiger partial charge is 0.0645 e. The molecule has 2 heteroatoms. The van der Waals surface area contributed by atoms with Gasteiger partial charge in [-0.25, -0.2) is 4.68 Å². The second kappa shape index (κ2) is 3.89. The standard InChI is InChI=1S/C13H16N2/c1-4-12-5-7-13(8-6-12)15-9-10(2)11(3)14-15/h5-9H,4H2,1-3H3. The van der Waals surface area contributed by atoms with Crippen molar-refractivity contribution < 1.29 is 0 Å². The average Bonchev–Trinajstić information content (AvgIpc) is 2.59. The van der Waals surface area contributed by atoms with Crippen LogP contribution in [0.5, 0.6) is 0 Å². The van der Waals surface area contributed by atoms with Gasteiger partial charge in [0.1, 0.15) is 0 Å². The van der Waals surface area contributed by atoms with Crippen molar-refractivity contribution in [3.63, 3.8) is 0 Å². The van der Waals surface area contributed by atoms with Gasteiger partial charge in [0.2, 0.25) is 0 Å². The molecule has 1 heterocycles. The zero-order chi connectivity index (χ0) is 10.8. The fourth-order valence-electron chi connectivity index (χ4n) is 1.56. The van der Waals surface area contributed by atoms with Crippen molar-refractivity contribution in [3.8, 4) is 5.69 Å². The molecule has 0 fully saturated rings. The second-order valence-electron chi connectivity index (χ2n) is 3.86. The van der Waals surface area contributed by atoms with Gasteiger partial charge in [0.05, 0.1) is 11.4 Å². The van der Waals surface area contributed by atoms with Gasteiger partial charge in [-0.15, -0.1) is 0 Å². The quantitative estimate of drug-likeness (QED) is 0.728. The van der Waals surface area contributed by atoms with Crippen molar-refractivity contribution in [2.75, 3.05) is 0 Å². The Morgan fingerprint density at radius 3 is 2.27 bits per heavy atom. The Morgan fingerprint density at radius 2 is 1.80 bits per heavy atom. The number of nitrogens with zero attached hydrogens (tertiary/aromatic N) is 2. The molecule has 2 nitrogen and oxygen atoms in total.